The molecule has 0 unspecified atom stereocenters. The predicted molar refractivity (Wildman–Crippen MR) is 156 cm³/mol. The molecular formula is C26H28Cl2N8O4S. The first-order valence-electron chi connectivity index (χ1n) is 12.7. The molecule has 2 aliphatic rings. The zero-order valence-corrected chi connectivity index (χ0v) is 24.8. The van der Waals surface area contributed by atoms with Gasteiger partial charge >= 0.3 is 0 Å². The zero-order chi connectivity index (χ0) is 29.7. The van der Waals surface area contributed by atoms with Crippen molar-refractivity contribution in [3.8, 4) is 5.69 Å². The van der Waals surface area contributed by atoms with E-state index < -0.39 is 33.1 Å². The van der Waals surface area contributed by atoms with Gasteiger partial charge in [0, 0.05) is 41.6 Å². The Hall–Kier alpha value is -3.52. The number of nitrogens with two attached hydrogens (primary N) is 1. The number of aliphatic imine (C=N–C) groups is 1. The minimum absolute atomic E-state index is 0.0931. The number of sulfonamides is 1. The number of hydrogen-bond donors (Lipinski definition) is 3. The van der Waals surface area contributed by atoms with E-state index in [1.807, 2.05) is 6.07 Å². The Kier molecular flexibility index (Phi) is 7.57. The second-order valence-corrected chi connectivity index (χ2v) is 12.8. The highest BCUT2D eigenvalue weighted by molar-refractivity contribution is 7.88. The number of amides is 1. The first-order chi connectivity index (χ1) is 19.3. The Morgan fingerprint density at radius 3 is 2.61 bits per heavy atom. The highest BCUT2D eigenvalue weighted by atomic mass is 35.5. The summed E-state index contributed by atoms with van der Waals surface area (Å²) in [6.07, 6.45) is 5.48. The molecule has 1 aromatic carbocycles. The standard InChI is InChI=1S/C26H28Cl2N8O4S/c1-14-21(29)19(22(30-2)15-8-16(10-17(27)9-15)26(5-6-26)34-41(3,39)40)4-7-35(14)25(38)23-32-13-36(33-23)20-11-18(28)12-31-24(20)37/h8-14,34H,4-7,29H2,1-3H3,(H,31,37)/t14-/m0/s1. The molecule has 1 amide bonds. The Balaban J connectivity index is 1.41. The van der Waals surface area contributed by atoms with Gasteiger partial charge in [0.15, 0.2) is 0 Å². The van der Waals surface area contributed by atoms with E-state index in [0.29, 0.717) is 52.8 Å². The van der Waals surface area contributed by atoms with Crippen LogP contribution in [0, 0.1) is 0 Å². The monoisotopic (exact) mass is 618 g/mol. The smallest absolute Gasteiger partial charge is 0.294 e. The number of nitrogens with zero attached hydrogens (tertiary/aromatic N) is 5. The fourth-order valence-electron chi connectivity index (χ4n) is 5.12. The van der Waals surface area contributed by atoms with Gasteiger partial charge in [-0.2, -0.15) is 0 Å². The van der Waals surface area contributed by atoms with Crippen LogP contribution in [0.15, 0.2) is 57.8 Å². The van der Waals surface area contributed by atoms with Gasteiger partial charge in [-0.05, 0) is 56.0 Å². The van der Waals surface area contributed by atoms with Crippen LogP contribution in [0.1, 0.15) is 47.9 Å². The van der Waals surface area contributed by atoms with Gasteiger partial charge in [0.1, 0.15) is 12.0 Å². The fraction of sp³-hybridized carbons (Fsp3) is 0.346. The molecule has 4 N–H and O–H groups in total. The second kappa shape index (κ2) is 10.7. The fourth-order valence-corrected chi connectivity index (χ4v) is 6.54. The van der Waals surface area contributed by atoms with Gasteiger partial charge in [-0.25, -0.2) is 22.8 Å². The highest BCUT2D eigenvalue weighted by Crippen LogP contribution is 2.47. The molecule has 1 aliphatic heterocycles. The van der Waals surface area contributed by atoms with Gasteiger partial charge in [-0.1, -0.05) is 23.2 Å². The van der Waals surface area contributed by atoms with Crippen molar-refractivity contribution < 1.29 is 13.2 Å². The quantitative estimate of drug-likeness (QED) is 0.341. The Morgan fingerprint density at radius 1 is 1.22 bits per heavy atom. The van der Waals surface area contributed by atoms with Gasteiger partial charge in [0.2, 0.25) is 15.8 Å². The molecule has 0 radical (unpaired) electrons. The van der Waals surface area contributed by atoms with Gasteiger partial charge in [0.25, 0.3) is 11.5 Å². The Labute approximate surface area is 246 Å². The lowest BCUT2D eigenvalue weighted by Gasteiger charge is -2.35. The molecule has 1 atom stereocenters. The number of carbonyl (C=O) groups excluding carboxylic acids is 1. The number of rotatable bonds is 7. The van der Waals surface area contributed by atoms with E-state index in [4.69, 9.17) is 28.9 Å². The highest BCUT2D eigenvalue weighted by Gasteiger charge is 2.47. The van der Waals surface area contributed by atoms with E-state index in [0.717, 1.165) is 17.4 Å². The minimum Gasteiger partial charge on any atom is -0.400 e. The van der Waals surface area contributed by atoms with Gasteiger partial charge in [-0.3, -0.25) is 14.6 Å². The van der Waals surface area contributed by atoms with Crippen molar-refractivity contribution in [2.45, 2.75) is 37.8 Å². The van der Waals surface area contributed by atoms with E-state index in [2.05, 4.69) is 24.8 Å². The summed E-state index contributed by atoms with van der Waals surface area (Å²) in [7, 11) is -1.79. The third kappa shape index (κ3) is 5.80. The average Bonchev–Trinajstić information content (AvgIpc) is 3.50. The maximum Gasteiger partial charge on any atom is 0.294 e. The van der Waals surface area contributed by atoms with Gasteiger partial charge in [-0.15, -0.1) is 5.10 Å². The summed E-state index contributed by atoms with van der Waals surface area (Å²) in [6, 6.07) is 6.32. The third-order valence-corrected chi connectivity index (χ3v) is 8.47. The number of hydrogen-bond acceptors (Lipinski definition) is 8. The Bertz CT molecular complexity index is 1780. The summed E-state index contributed by atoms with van der Waals surface area (Å²) in [5, 5.41) is 4.95. The van der Waals surface area contributed by atoms with Crippen LogP contribution in [0.3, 0.4) is 0 Å². The Morgan fingerprint density at radius 2 is 1.95 bits per heavy atom. The summed E-state index contributed by atoms with van der Waals surface area (Å²) in [4.78, 5) is 38.3. The summed E-state index contributed by atoms with van der Waals surface area (Å²) in [5.74, 6) is -0.538. The largest absolute Gasteiger partial charge is 0.400 e. The van der Waals surface area contributed by atoms with Crippen LogP contribution >= 0.6 is 23.2 Å². The van der Waals surface area contributed by atoms with Gasteiger partial charge < -0.3 is 15.6 Å². The molecular weight excluding hydrogens is 591 g/mol. The number of nitrogens with one attached hydrogen (secondary N) is 2. The number of aromatic amines is 1. The van der Waals surface area contributed by atoms with Crippen LogP contribution < -0.4 is 16.0 Å². The van der Waals surface area contributed by atoms with E-state index in [-0.39, 0.29) is 11.5 Å². The summed E-state index contributed by atoms with van der Waals surface area (Å²) >= 11 is 12.5. The molecule has 2 aromatic heterocycles. The second-order valence-electron chi connectivity index (χ2n) is 10.2. The molecule has 3 aromatic rings. The topological polar surface area (TPSA) is 168 Å². The molecule has 5 rings (SSSR count). The molecule has 12 nitrogen and oxygen atoms in total. The summed E-state index contributed by atoms with van der Waals surface area (Å²) in [5.41, 5.74) is 8.90. The number of aromatic nitrogens is 4. The van der Waals surface area contributed by atoms with Crippen LogP contribution in [0.25, 0.3) is 5.69 Å². The number of pyridine rings is 1. The zero-order valence-electron chi connectivity index (χ0n) is 22.5. The van der Waals surface area contributed by atoms with Crippen molar-refractivity contribution in [2.75, 3.05) is 19.8 Å². The van der Waals surface area contributed by atoms with Crippen molar-refractivity contribution >= 4 is 44.8 Å². The molecule has 3 heterocycles. The number of benzene rings is 1. The van der Waals surface area contributed by atoms with E-state index in [9.17, 15) is 18.0 Å². The first-order valence-corrected chi connectivity index (χ1v) is 15.3. The lowest BCUT2D eigenvalue weighted by atomic mass is 9.90. The molecule has 15 heteroatoms. The molecule has 0 spiro atoms. The molecule has 1 aliphatic carbocycles. The third-order valence-electron chi connectivity index (χ3n) is 7.27. The minimum atomic E-state index is -3.44. The molecule has 1 saturated carbocycles. The molecule has 0 bridgehead atoms. The summed E-state index contributed by atoms with van der Waals surface area (Å²) in [6.45, 7) is 2.12. The lowest BCUT2D eigenvalue weighted by Crippen LogP contribution is -2.47. The first kappa shape index (κ1) is 29.0. The lowest BCUT2D eigenvalue weighted by molar-refractivity contribution is 0.0694. The van der Waals surface area contributed by atoms with E-state index >= 15 is 0 Å². The SMILES string of the molecule is CN=C(C1=C(N)[C@H](C)N(C(=O)c2ncn(-c3cc(Cl)c[nH]c3=O)n2)CC1)c1cc(Cl)cc(C2(NS(C)(=O)=O)CC2)c1. The number of H-pyrrole nitrogens is 1. The predicted octanol–water partition coefficient (Wildman–Crippen LogP) is 2.37. The van der Waals surface area contributed by atoms with Crippen molar-refractivity contribution in [2.24, 2.45) is 10.7 Å². The maximum atomic E-state index is 13.4. The van der Waals surface area contributed by atoms with Crippen molar-refractivity contribution in [1.82, 2.24) is 29.4 Å². The van der Waals surface area contributed by atoms with Crippen LogP contribution in [-0.4, -0.2) is 70.6 Å². The van der Waals surface area contributed by atoms with Gasteiger partial charge in [0.05, 0.1) is 28.6 Å². The van der Waals surface area contributed by atoms with E-state index in [1.165, 1.54) is 23.3 Å². The normalized spacial score (nSPS) is 19.0. The van der Waals surface area contributed by atoms with Crippen molar-refractivity contribution in [3.63, 3.8) is 0 Å². The van der Waals surface area contributed by atoms with Crippen LogP contribution in [0.4, 0.5) is 0 Å². The molecule has 41 heavy (non-hydrogen) atoms. The maximum absolute atomic E-state index is 13.4. The van der Waals surface area contributed by atoms with Crippen molar-refractivity contribution in [3.05, 3.63) is 85.4 Å². The van der Waals surface area contributed by atoms with Crippen molar-refractivity contribution in [1.29, 1.82) is 0 Å². The van der Waals surface area contributed by atoms with Crippen LogP contribution in [0.2, 0.25) is 10.0 Å². The van der Waals surface area contributed by atoms with Crippen LogP contribution in [0.5, 0.6) is 0 Å². The number of halogens is 2. The average molecular weight is 620 g/mol. The van der Waals surface area contributed by atoms with E-state index in [1.54, 1.807) is 31.0 Å². The number of carbonyl (C=O) groups is 1. The molecule has 1 fully saturated rings. The molecule has 216 valence electrons. The van der Waals surface area contributed by atoms with Crippen LogP contribution in [-0.2, 0) is 15.6 Å². The summed E-state index contributed by atoms with van der Waals surface area (Å²) < 4.78 is 27.9. The molecule has 0 saturated heterocycles.